The first-order valence-electron chi connectivity index (χ1n) is 8.18. The Hall–Kier alpha value is -2.62. The molecule has 0 bridgehead atoms. The second-order valence-electron chi connectivity index (χ2n) is 5.95. The number of benzene rings is 2. The maximum atomic E-state index is 4.40. The highest BCUT2D eigenvalue weighted by Crippen LogP contribution is 2.21. The van der Waals surface area contributed by atoms with Gasteiger partial charge >= 0.3 is 0 Å². The van der Waals surface area contributed by atoms with Crippen molar-refractivity contribution in [2.75, 3.05) is 23.3 Å². The van der Waals surface area contributed by atoms with Crippen LogP contribution in [-0.2, 0) is 6.54 Å². The third kappa shape index (κ3) is 2.97. The van der Waals surface area contributed by atoms with E-state index in [-0.39, 0.29) is 0 Å². The third-order valence-electron chi connectivity index (χ3n) is 4.42. The molecular weight excluding hydrogens is 284 g/mol. The molecule has 0 radical (unpaired) electrons. The smallest absolute Gasteiger partial charge is 0.134 e. The molecule has 0 atom stereocenters. The Morgan fingerprint density at radius 1 is 0.957 bits per heavy atom. The number of anilines is 2. The van der Waals surface area contributed by atoms with Crippen molar-refractivity contribution in [2.24, 2.45) is 0 Å². The largest absolute Gasteiger partial charge is 0.366 e. The predicted molar refractivity (Wildman–Crippen MR) is 94.8 cm³/mol. The van der Waals surface area contributed by atoms with Gasteiger partial charge < -0.3 is 10.2 Å². The SMILES string of the molecule is c1ccc2c(CNc3cc(N4CCCC4)ncn3)cccc2c1. The topological polar surface area (TPSA) is 41.0 Å². The fourth-order valence-electron chi connectivity index (χ4n) is 3.20. The fourth-order valence-corrected chi connectivity index (χ4v) is 3.20. The zero-order valence-electron chi connectivity index (χ0n) is 13.1. The summed E-state index contributed by atoms with van der Waals surface area (Å²) in [6.07, 6.45) is 4.16. The van der Waals surface area contributed by atoms with Gasteiger partial charge in [-0.05, 0) is 29.2 Å². The first kappa shape index (κ1) is 14.0. The van der Waals surface area contributed by atoms with Crippen molar-refractivity contribution in [2.45, 2.75) is 19.4 Å². The zero-order valence-corrected chi connectivity index (χ0v) is 13.1. The maximum absolute atomic E-state index is 4.40. The van der Waals surface area contributed by atoms with Crippen molar-refractivity contribution in [1.29, 1.82) is 0 Å². The summed E-state index contributed by atoms with van der Waals surface area (Å²) in [6, 6.07) is 16.9. The molecule has 0 amide bonds. The average molecular weight is 304 g/mol. The van der Waals surface area contributed by atoms with Gasteiger partial charge in [0, 0.05) is 25.7 Å². The summed E-state index contributed by atoms with van der Waals surface area (Å²) in [5, 5.41) is 6.00. The average Bonchev–Trinajstić information content (AvgIpc) is 3.15. The normalized spacial score (nSPS) is 14.3. The van der Waals surface area contributed by atoms with Crippen LogP contribution in [0.1, 0.15) is 18.4 Å². The van der Waals surface area contributed by atoms with Crippen LogP contribution in [0.3, 0.4) is 0 Å². The van der Waals surface area contributed by atoms with Crippen LogP contribution in [0.4, 0.5) is 11.6 Å². The highest BCUT2D eigenvalue weighted by Gasteiger charge is 2.13. The molecule has 1 saturated heterocycles. The van der Waals surface area contributed by atoms with Gasteiger partial charge in [-0.3, -0.25) is 0 Å². The Bertz CT molecular complexity index is 804. The lowest BCUT2D eigenvalue weighted by molar-refractivity contribution is 0.925. The van der Waals surface area contributed by atoms with Crippen LogP contribution < -0.4 is 10.2 Å². The molecule has 0 saturated carbocycles. The molecule has 0 unspecified atom stereocenters. The van der Waals surface area contributed by atoms with Gasteiger partial charge in [-0.15, -0.1) is 0 Å². The van der Waals surface area contributed by atoms with Crippen LogP contribution in [-0.4, -0.2) is 23.1 Å². The Kier molecular flexibility index (Phi) is 3.80. The summed E-state index contributed by atoms with van der Waals surface area (Å²) < 4.78 is 0. The molecule has 4 nitrogen and oxygen atoms in total. The lowest BCUT2D eigenvalue weighted by atomic mass is 10.0. The molecule has 1 aliphatic heterocycles. The standard InChI is InChI=1S/C19H20N4/c1-2-9-17-15(6-1)7-5-8-16(17)13-20-18-12-19(22-14-21-18)23-10-3-4-11-23/h1-2,5-9,12,14H,3-4,10-11,13H2,(H,20,21,22). The van der Waals surface area contributed by atoms with Gasteiger partial charge in [-0.25, -0.2) is 9.97 Å². The van der Waals surface area contributed by atoms with Gasteiger partial charge in [-0.2, -0.15) is 0 Å². The van der Waals surface area contributed by atoms with E-state index >= 15 is 0 Å². The van der Waals surface area contributed by atoms with Gasteiger partial charge in [0.25, 0.3) is 0 Å². The van der Waals surface area contributed by atoms with E-state index in [1.165, 1.54) is 29.2 Å². The molecule has 116 valence electrons. The first-order chi connectivity index (χ1) is 11.4. The predicted octanol–water partition coefficient (Wildman–Crippen LogP) is 3.84. The maximum Gasteiger partial charge on any atom is 0.134 e. The molecule has 0 aliphatic carbocycles. The van der Waals surface area contributed by atoms with Crippen LogP contribution in [0.5, 0.6) is 0 Å². The Morgan fingerprint density at radius 3 is 2.70 bits per heavy atom. The number of rotatable bonds is 4. The highest BCUT2D eigenvalue weighted by molar-refractivity contribution is 5.85. The molecule has 1 aliphatic rings. The van der Waals surface area contributed by atoms with Gasteiger partial charge in [0.15, 0.2) is 0 Å². The van der Waals surface area contributed by atoms with E-state index in [4.69, 9.17) is 0 Å². The number of fused-ring (bicyclic) bond motifs is 1. The van der Waals surface area contributed by atoms with Gasteiger partial charge in [0.2, 0.25) is 0 Å². The van der Waals surface area contributed by atoms with Crippen LogP contribution in [0.25, 0.3) is 10.8 Å². The minimum Gasteiger partial charge on any atom is -0.366 e. The molecule has 1 N–H and O–H groups in total. The minimum absolute atomic E-state index is 0.762. The lowest BCUT2D eigenvalue weighted by Gasteiger charge is -2.17. The monoisotopic (exact) mass is 304 g/mol. The van der Waals surface area contributed by atoms with Gasteiger partial charge in [-0.1, -0.05) is 42.5 Å². The molecular formula is C19H20N4. The molecule has 0 spiro atoms. The summed E-state index contributed by atoms with van der Waals surface area (Å²) in [4.78, 5) is 11.1. The van der Waals surface area contributed by atoms with Crippen LogP contribution in [0.2, 0.25) is 0 Å². The molecule has 1 fully saturated rings. The van der Waals surface area contributed by atoms with E-state index < -0.39 is 0 Å². The van der Waals surface area contributed by atoms with Crippen LogP contribution >= 0.6 is 0 Å². The lowest BCUT2D eigenvalue weighted by Crippen LogP contribution is -2.19. The van der Waals surface area contributed by atoms with Crippen molar-refractivity contribution >= 4 is 22.4 Å². The molecule has 4 rings (SSSR count). The first-order valence-corrected chi connectivity index (χ1v) is 8.18. The quantitative estimate of drug-likeness (QED) is 0.795. The number of nitrogens with one attached hydrogen (secondary N) is 1. The minimum atomic E-state index is 0.762. The molecule has 23 heavy (non-hydrogen) atoms. The van der Waals surface area contributed by atoms with Crippen molar-refractivity contribution in [1.82, 2.24) is 9.97 Å². The summed E-state index contributed by atoms with van der Waals surface area (Å²) in [7, 11) is 0. The highest BCUT2D eigenvalue weighted by atomic mass is 15.2. The fraction of sp³-hybridized carbons (Fsp3) is 0.263. The summed E-state index contributed by atoms with van der Waals surface area (Å²) >= 11 is 0. The molecule has 2 heterocycles. The Morgan fingerprint density at radius 2 is 1.78 bits per heavy atom. The zero-order chi connectivity index (χ0) is 15.5. The summed E-state index contributed by atoms with van der Waals surface area (Å²) in [5.41, 5.74) is 1.28. The van der Waals surface area contributed by atoms with Crippen molar-refractivity contribution in [3.05, 3.63) is 60.4 Å². The second kappa shape index (κ2) is 6.24. The molecule has 2 aromatic carbocycles. The van der Waals surface area contributed by atoms with Crippen LogP contribution in [0, 0.1) is 0 Å². The van der Waals surface area contributed by atoms with Crippen molar-refractivity contribution < 1.29 is 0 Å². The molecule has 3 aromatic rings. The summed E-state index contributed by atoms with van der Waals surface area (Å²) in [6.45, 7) is 2.96. The Balaban J connectivity index is 1.53. The number of nitrogens with zero attached hydrogens (tertiary/aromatic N) is 3. The molecule has 1 aromatic heterocycles. The van der Waals surface area contributed by atoms with Crippen LogP contribution in [0.15, 0.2) is 54.9 Å². The second-order valence-corrected chi connectivity index (χ2v) is 5.95. The van der Waals surface area contributed by atoms with Gasteiger partial charge in [0.05, 0.1) is 0 Å². The number of hydrogen-bond acceptors (Lipinski definition) is 4. The Labute approximate surface area is 136 Å². The van der Waals surface area contributed by atoms with Crippen molar-refractivity contribution in [3.8, 4) is 0 Å². The van der Waals surface area contributed by atoms with Crippen molar-refractivity contribution in [3.63, 3.8) is 0 Å². The van der Waals surface area contributed by atoms with E-state index in [0.717, 1.165) is 31.3 Å². The van der Waals surface area contributed by atoms with E-state index in [9.17, 15) is 0 Å². The molecule has 4 heteroatoms. The van der Waals surface area contributed by atoms with E-state index in [1.807, 2.05) is 0 Å². The summed E-state index contributed by atoms with van der Waals surface area (Å²) in [5.74, 6) is 1.91. The number of aromatic nitrogens is 2. The third-order valence-corrected chi connectivity index (χ3v) is 4.42. The number of hydrogen-bond donors (Lipinski definition) is 1. The van der Waals surface area contributed by atoms with E-state index in [1.54, 1.807) is 6.33 Å². The van der Waals surface area contributed by atoms with E-state index in [2.05, 4.69) is 68.7 Å². The van der Waals surface area contributed by atoms with E-state index in [0.29, 0.717) is 0 Å². The van der Waals surface area contributed by atoms with Gasteiger partial charge in [0.1, 0.15) is 18.0 Å².